The Bertz CT molecular complexity index is 123. The minimum atomic E-state index is -4.23. The molecular weight excluding hydrogens is 181 g/mol. The van der Waals surface area contributed by atoms with Gasteiger partial charge in [-0.1, -0.05) is 32.6 Å². The molecule has 4 heteroatoms. The van der Waals surface area contributed by atoms with Gasteiger partial charge < -0.3 is 5.11 Å². The molecule has 0 saturated heterocycles. The lowest BCUT2D eigenvalue weighted by Crippen LogP contribution is -2.19. The van der Waals surface area contributed by atoms with Gasteiger partial charge >= 0.3 is 6.18 Å². The summed E-state index contributed by atoms with van der Waals surface area (Å²) >= 11 is 0. The zero-order valence-electron chi connectivity index (χ0n) is 7.90. The van der Waals surface area contributed by atoms with Crippen LogP contribution in [0.15, 0.2) is 0 Å². The summed E-state index contributed by atoms with van der Waals surface area (Å²) in [5.74, 6) is 0. The maximum atomic E-state index is 11.7. The summed E-state index contributed by atoms with van der Waals surface area (Å²) in [4.78, 5) is 0. The largest absolute Gasteiger partial charge is 0.393 e. The maximum Gasteiger partial charge on any atom is 0.391 e. The second kappa shape index (κ2) is 6.24. The first-order valence-electron chi connectivity index (χ1n) is 4.70. The first kappa shape index (κ1) is 12.8. The van der Waals surface area contributed by atoms with Crippen molar-refractivity contribution in [2.75, 3.05) is 0 Å². The van der Waals surface area contributed by atoms with Crippen LogP contribution in [-0.4, -0.2) is 17.4 Å². The molecule has 0 aliphatic rings. The molecule has 0 spiro atoms. The lowest BCUT2D eigenvalue weighted by molar-refractivity contribution is -0.154. The van der Waals surface area contributed by atoms with Crippen molar-refractivity contribution in [2.45, 2.75) is 57.7 Å². The standard InChI is InChI=1S/C9H17F3O/c1-2-3-4-5-6-8(13)7-9(10,11)12/h8,13H,2-7H2,1H3/t8-/m1/s1. The van der Waals surface area contributed by atoms with Gasteiger partial charge in [-0.3, -0.25) is 0 Å². The highest BCUT2D eigenvalue weighted by Crippen LogP contribution is 2.23. The predicted octanol–water partition coefficient (Wildman–Crippen LogP) is 3.27. The normalized spacial score (nSPS) is 14.5. The summed E-state index contributed by atoms with van der Waals surface area (Å²) < 4.78 is 35.2. The van der Waals surface area contributed by atoms with Gasteiger partial charge in [0.25, 0.3) is 0 Å². The van der Waals surface area contributed by atoms with Crippen LogP contribution < -0.4 is 0 Å². The van der Waals surface area contributed by atoms with Crippen LogP contribution >= 0.6 is 0 Å². The van der Waals surface area contributed by atoms with Gasteiger partial charge in [0.05, 0.1) is 12.5 Å². The number of alkyl halides is 3. The Morgan fingerprint density at radius 2 is 1.77 bits per heavy atom. The topological polar surface area (TPSA) is 20.2 Å². The van der Waals surface area contributed by atoms with Crippen LogP contribution in [0.5, 0.6) is 0 Å². The van der Waals surface area contributed by atoms with Crippen molar-refractivity contribution in [2.24, 2.45) is 0 Å². The second-order valence-corrected chi connectivity index (χ2v) is 3.32. The van der Waals surface area contributed by atoms with Crippen molar-refractivity contribution in [1.29, 1.82) is 0 Å². The zero-order valence-corrected chi connectivity index (χ0v) is 7.90. The Labute approximate surface area is 76.9 Å². The minimum absolute atomic E-state index is 0.263. The third-order valence-electron chi connectivity index (χ3n) is 1.86. The molecule has 0 bridgehead atoms. The SMILES string of the molecule is CCCCCC[C@@H](O)CC(F)(F)F. The molecule has 0 heterocycles. The highest BCUT2D eigenvalue weighted by atomic mass is 19.4. The average molecular weight is 198 g/mol. The number of hydrogen-bond donors (Lipinski definition) is 1. The molecular formula is C9H17F3O. The molecule has 1 N–H and O–H groups in total. The van der Waals surface area contributed by atoms with E-state index >= 15 is 0 Å². The summed E-state index contributed by atoms with van der Waals surface area (Å²) in [7, 11) is 0. The molecule has 0 aromatic heterocycles. The Hall–Kier alpha value is -0.250. The molecule has 0 fully saturated rings. The Kier molecular flexibility index (Phi) is 6.12. The molecule has 0 aliphatic heterocycles. The van der Waals surface area contributed by atoms with Crippen molar-refractivity contribution < 1.29 is 18.3 Å². The van der Waals surface area contributed by atoms with E-state index in [1.165, 1.54) is 0 Å². The van der Waals surface area contributed by atoms with Gasteiger partial charge in [0, 0.05) is 0 Å². The predicted molar refractivity (Wildman–Crippen MR) is 45.4 cm³/mol. The monoisotopic (exact) mass is 198 g/mol. The molecule has 13 heavy (non-hydrogen) atoms. The van der Waals surface area contributed by atoms with Gasteiger partial charge in [-0.2, -0.15) is 13.2 Å². The van der Waals surface area contributed by atoms with Crippen molar-refractivity contribution >= 4 is 0 Å². The smallest absolute Gasteiger partial charge is 0.391 e. The summed E-state index contributed by atoms with van der Waals surface area (Å²) in [6.07, 6.45) is -2.58. The van der Waals surface area contributed by atoms with Crippen LogP contribution in [0.1, 0.15) is 45.4 Å². The van der Waals surface area contributed by atoms with Gasteiger partial charge in [0.1, 0.15) is 0 Å². The van der Waals surface area contributed by atoms with Crippen molar-refractivity contribution in [3.8, 4) is 0 Å². The van der Waals surface area contributed by atoms with Crippen LogP contribution in [0, 0.1) is 0 Å². The zero-order chi connectivity index (χ0) is 10.3. The second-order valence-electron chi connectivity index (χ2n) is 3.32. The average Bonchev–Trinajstić information content (AvgIpc) is 1.94. The van der Waals surface area contributed by atoms with Gasteiger partial charge in [0.15, 0.2) is 0 Å². The number of hydrogen-bond acceptors (Lipinski definition) is 1. The molecule has 0 radical (unpaired) electrons. The fourth-order valence-electron chi connectivity index (χ4n) is 1.18. The molecule has 0 aromatic rings. The fourth-order valence-corrected chi connectivity index (χ4v) is 1.18. The van der Waals surface area contributed by atoms with E-state index in [2.05, 4.69) is 0 Å². The van der Waals surface area contributed by atoms with E-state index in [4.69, 9.17) is 5.11 Å². The summed E-state index contributed by atoms with van der Waals surface area (Å²) in [6.45, 7) is 2.03. The number of halogens is 3. The Balaban J connectivity index is 3.35. The summed E-state index contributed by atoms with van der Waals surface area (Å²) in [5.41, 5.74) is 0. The minimum Gasteiger partial charge on any atom is -0.393 e. The third-order valence-corrected chi connectivity index (χ3v) is 1.86. The maximum absolute atomic E-state index is 11.7. The van der Waals surface area contributed by atoms with E-state index in [-0.39, 0.29) is 6.42 Å². The molecule has 1 atom stereocenters. The van der Waals surface area contributed by atoms with Crippen LogP contribution in [0.3, 0.4) is 0 Å². The Morgan fingerprint density at radius 1 is 1.15 bits per heavy atom. The van der Waals surface area contributed by atoms with Crippen LogP contribution in [-0.2, 0) is 0 Å². The molecule has 0 rings (SSSR count). The molecule has 0 amide bonds. The number of aliphatic hydroxyl groups is 1. The highest BCUT2D eigenvalue weighted by molar-refractivity contribution is 4.61. The number of unbranched alkanes of at least 4 members (excludes halogenated alkanes) is 3. The summed E-state index contributed by atoms with van der Waals surface area (Å²) in [5, 5.41) is 8.96. The van der Waals surface area contributed by atoms with Gasteiger partial charge in [-0.25, -0.2) is 0 Å². The fraction of sp³-hybridized carbons (Fsp3) is 1.00. The van der Waals surface area contributed by atoms with Crippen LogP contribution in [0.2, 0.25) is 0 Å². The van der Waals surface area contributed by atoms with E-state index in [9.17, 15) is 13.2 Å². The first-order valence-corrected chi connectivity index (χ1v) is 4.70. The molecule has 0 aliphatic carbocycles. The molecule has 1 nitrogen and oxygen atoms in total. The quantitative estimate of drug-likeness (QED) is 0.649. The molecule has 0 aromatic carbocycles. The molecule has 0 saturated carbocycles. The van der Waals surface area contributed by atoms with E-state index in [1.54, 1.807) is 0 Å². The van der Waals surface area contributed by atoms with Gasteiger partial charge in [0.2, 0.25) is 0 Å². The summed E-state index contributed by atoms with van der Waals surface area (Å²) in [6, 6.07) is 0. The van der Waals surface area contributed by atoms with Crippen molar-refractivity contribution in [3.63, 3.8) is 0 Å². The van der Waals surface area contributed by atoms with E-state index < -0.39 is 18.7 Å². The number of aliphatic hydroxyl groups excluding tert-OH is 1. The third kappa shape index (κ3) is 9.67. The highest BCUT2D eigenvalue weighted by Gasteiger charge is 2.30. The van der Waals surface area contributed by atoms with Crippen LogP contribution in [0.25, 0.3) is 0 Å². The lowest BCUT2D eigenvalue weighted by atomic mass is 10.1. The van der Waals surface area contributed by atoms with E-state index in [1.807, 2.05) is 6.92 Å². The number of rotatable bonds is 6. The van der Waals surface area contributed by atoms with Crippen molar-refractivity contribution in [3.05, 3.63) is 0 Å². The Morgan fingerprint density at radius 3 is 2.23 bits per heavy atom. The molecule has 80 valence electrons. The lowest BCUT2D eigenvalue weighted by Gasteiger charge is -2.12. The van der Waals surface area contributed by atoms with Gasteiger partial charge in [-0.15, -0.1) is 0 Å². The van der Waals surface area contributed by atoms with Gasteiger partial charge in [-0.05, 0) is 6.42 Å². The van der Waals surface area contributed by atoms with E-state index in [0.29, 0.717) is 6.42 Å². The van der Waals surface area contributed by atoms with Crippen LogP contribution in [0.4, 0.5) is 13.2 Å². The van der Waals surface area contributed by atoms with Crippen molar-refractivity contribution in [1.82, 2.24) is 0 Å². The molecule has 0 unspecified atom stereocenters. The first-order chi connectivity index (χ1) is 5.95. The van der Waals surface area contributed by atoms with E-state index in [0.717, 1.165) is 19.3 Å².